The third-order valence-electron chi connectivity index (χ3n) is 1.57. The molecule has 0 unspecified atom stereocenters. The Labute approximate surface area is 72.8 Å². The van der Waals surface area contributed by atoms with Crippen LogP contribution in [0, 0.1) is 0 Å². The smallest absolute Gasteiger partial charge is 0.0748 e. The van der Waals surface area contributed by atoms with Crippen LogP contribution in [-0.2, 0) is 11.3 Å². The first-order chi connectivity index (χ1) is 5.88. The summed E-state index contributed by atoms with van der Waals surface area (Å²) in [4.78, 5) is 4.03. The second-order valence-corrected chi connectivity index (χ2v) is 2.50. The van der Waals surface area contributed by atoms with Crippen LogP contribution >= 0.6 is 0 Å². The summed E-state index contributed by atoms with van der Waals surface area (Å²) in [6.07, 6.45) is 3.60. The van der Waals surface area contributed by atoms with Gasteiger partial charge in [-0.15, -0.1) is 0 Å². The molecule has 1 aromatic rings. The Kier molecular flexibility index (Phi) is 3.54. The van der Waals surface area contributed by atoms with Gasteiger partial charge in [-0.1, -0.05) is 0 Å². The Morgan fingerprint density at radius 2 is 2.42 bits per heavy atom. The molecule has 0 fully saturated rings. The summed E-state index contributed by atoms with van der Waals surface area (Å²) in [5.74, 6) is 0. The van der Waals surface area contributed by atoms with Crippen LogP contribution in [0.5, 0.6) is 0 Å². The Balaban J connectivity index is 2.77. The molecule has 0 spiro atoms. The van der Waals surface area contributed by atoms with Crippen LogP contribution < -0.4 is 5.32 Å². The van der Waals surface area contributed by atoms with Gasteiger partial charge >= 0.3 is 0 Å². The quantitative estimate of drug-likeness (QED) is 0.738. The second kappa shape index (κ2) is 4.72. The van der Waals surface area contributed by atoms with Gasteiger partial charge in [0.2, 0.25) is 0 Å². The molecule has 1 aromatic heterocycles. The summed E-state index contributed by atoms with van der Waals surface area (Å²) in [5.41, 5.74) is 2.20. The maximum absolute atomic E-state index is 5.03. The van der Waals surface area contributed by atoms with Gasteiger partial charge in [0.25, 0.3) is 0 Å². The molecule has 0 saturated carbocycles. The number of pyridine rings is 1. The summed E-state index contributed by atoms with van der Waals surface area (Å²) in [5, 5.41) is 3.24. The fourth-order valence-corrected chi connectivity index (χ4v) is 1.06. The van der Waals surface area contributed by atoms with Gasteiger partial charge in [-0.2, -0.15) is 0 Å². The first-order valence-electron chi connectivity index (χ1n) is 4.04. The minimum Gasteiger partial charge on any atom is -0.385 e. The number of ether oxygens (including phenoxy) is 1. The molecular formula is C9H14N2O. The van der Waals surface area contributed by atoms with Crippen molar-refractivity contribution in [1.29, 1.82) is 0 Å². The van der Waals surface area contributed by atoms with Crippen LogP contribution in [0.2, 0.25) is 0 Å². The highest BCUT2D eigenvalue weighted by atomic mass is 16.5. The van der Waals surface area contributed by atoms with Crippen molar-refractivity contribution < 1.29 is 4.74 Å². The van der Waals surface area contributed by atoms with E-state index < -0.39 is 0 Å². The van der Waals surface area contributed by atoms with Gasteiger partial charge in [-0.3, -0.25) is 4.98 Å². The lowest BCUT2D eigenvalue weighted by molar-refractivity contribution is 0.185. The Bertz CT molecular complexity index is 213. The molecule has 0 aromatic carbocycles. The third-order valence-corrected chi connectivity index (χ3v) is 1.57. The molecule has 3 heteroatoms. The molecule has 0 radical (unpaired) electrons. The van der Waals surface area contributed by atoms with Crippen molar-refractivity contribution in [3.63, 3.8) is 0 Å². The number of rotatable bonds is 4. The lowest BCUT2D eigenvalue weighted by Gasteiger charge is -2.08. The Morgan fingerprint density at radius 1 is 1.58 bits per heavy atom. The van der Waals surface area contributed by atoms with Crippen molar-refractivity contribution in [3.05, 3.63) is 24.0 Å². The average Bonchev–Trinajstić information content (AvgIpc) is 2.09. The monoisotopic (exact) mass is 166 g/mol. The molecule has 1 N–H and O–H groups in total. The van der Waals surface area contributed by atoms with E-state index in [1.807, 2.05) is 12.3 Å². The van der Waals surface area contributed by atoms with Crippen LogP contribution in [0.25, 0.3) is 0 Å². The summed E-state index contributed by atoms with van der Waals surface area (Å²) in [6, 6.07) is 1.96. The largest absolute Gasteiger partial charge is 0.385 e. The average molecular weight is 166 g/mol. The van der Waals surface area contributed by atoms with Gasteiger partial charge < -0.3 is 10.1 Å². The number of hydrogen-bond donors (Lipinski definition) is 1. The highest BCUT2D eigenvalue weighted by molar-refractivity contribution is 5.48. The van der Waals surface area contributed by atoms with Crippen LogP contribution in [0.3, 0.4) is 0 Å². The van der Waals surface area contributed by atoms with Gasteiger partial charge in [-0.05, 0) is 13.0 Å². The van der Waals surface area contributed by atoms with E-state index >= 15 is 0 Å². The first kappa shape index (κ1) is 9.00. The van der Waals surface area contributed by atoms with Gasteiger partial charge in [0, 0.05) is 37.3 Å². The number of nitrogens with one attached hydrogen (secondary N) is 1. The van der Waals surface area contributed by atoms with E-state index in [2.05, 4.69) is 17.2 Å². The van der Waals surface area contributed by atoms with Gasteiger partial charge in [0.1, 0.15) is 0 Å². The second-order valence-electron chi connectivity index (χ2n) is 2.50. The van der Waals surface area contributed by atoms with Crippen molar-refractivity contribution in [1.82, 2.24) is 4.98 Å². The molecule has 1 heterocycles. The summed E-state index contributed by atoms with van der Waals surface area (Å²) in [6.45, 7) is 3.59. The summed E-state index contributed by atoms with van der Waals surface area (Å²) >= 11 is 0. The molecule has 12 heavy (non-hydrogen) atoms. The van der Waals surface area contributed by atoms with E-state index in [-0.39, 0.29) is 0 Å². The number of anilines is 1. The number of aromatic nitrogens is 1. The van der Waals surface area contributed by atoms with Crippen LogP contribution in [0.15, 0.2) is 18.5 Å². The number of methoxy groups -OCH3 is 1. The molecule has 0 aliphatic carbocycles. The Hall–Kier alpha value is -1.09. The van der Waals surface area contributed by atoms with E-state index in [0.717, 1.165) is 17.8 Å². The number of hydrogen-bond acceptors (Lipinski definition) is 3. The van der Waals surface area contributed by atoms with Crippen molar-refractivity contribution in [3.8, 4) is 0 Å². The van der Waals surface area contributed by atoms with Crippen LogP contribution in [0.4, 0.5) is 5.69 Å². The predicted molar refractivity (Wildman–Crippen MR) is 49.1 cm³/mol. The standard InChI is InChI=1S/C9H14N2O/c1-3-11-9-4-5-10-6-8(9)7-12-2/h4-6H,3,7H2,1-2H3,(H,10,11). The van der Waals surface area contributed by atoms with Crippen LogP contribution in [0.1, 0.15) is 12.5 Å². The Morgan fingerprint density at radius 3 is 3.08 bits per heavy atom. The van der Waals surface area contributed by atoms with Gasteiger partial charge in [0.05, 0.1) is 6.61 Å². The molecule has 66 valence electrons. The predicted octanol–water partition coefficient (Wildman–Crippen LogP) is 1.66. The normalized spacial score (nSPS) is 9.83. The molecule has 0 aliphatic heterocycles. The molecule has 0 aliphatic rings. The van der Waals surface area contributed by atoms with Crippen molar-refractivity contribution in [2.75, 3.05) is 19.0 Å². The van der Waals surface area contributed by atoms with Gasteiger partial charge in [0.15, 0.2) is 0 Å². The van der Waals surface area contributed by atoms with E-state index in [0.29, 0.717) is 6.61 Å². The molecule has 3 nitrogen and oxygen atoms in total. The fraction of sp³-hybridized carbons (Fsp3) is 0.444. The molecule has 0 bridgehead atoms. The zero-order valence-corrected chi connectivity index (χ0v) is 7.50. The zero-order valence-electron chi connectivity index (χ0n) is 7.50. The number of nitrogens with zero attached hydrogens (tertiary/aromatic N) is 1. The lowest BCUT2D eigenvalue weighted by atomic mass is 10.2. The molecule has 0 atom stereocenters. The fourth-order valence-electron chi connectivity index (χ4n) is 1.06. The zero-order chi connectivity index (χ0) is 8.81. The van der Waals surface area contributed by atoms with E-state index in [9.17, 15) is 0 Å². The lowest BCUT2D eigenvalue weighted by Crippen LogP contribution is -2.01. The molecule has 1 rings (SSSR count). The molecular weight excluding hydrogens is 152 g/mol. The SMILES string of the molecule is CCNc1ccncc1COC. The summed E-state index contributed by atoms with van der Waals surface area (Å²) in [7, 11) is 1.68. The topological polar surface area (TPSA) is 34.2 Å². The van der Waals surface area contributed by atoms with Crippen molar-refractivity contribution in [2.24, 2.45) is 0 Å². The molecule has 0 saturated heterocycles. The van der Waals surface area contributed by atoms with E-state index in [1.54, 1.807) is 13.3 Å². The van der Waals surface area contributed by atoms with E-state index in [4.69, 9.17) is 4.74 Å². The highest BCUT2D eigenvalue weighted by Gasteiger charge is 1.98. The van der Waals surface area contributed by atoms with Crippen molar-refractivity contribution >= 4 is 5.69 Å². The third kappa shape index (κ3) is 2.20. The van der Waals surface area contributed by atoms with Crippen LogP contribution in [-0.4, -0.2) is 18.6 Å². The summed E-state index contributed by atoms with van der Waals surface area (Å²) < 4.78 is 5.03. The molecule has 0 amide bonds. The van der Waals surface area contributed by atoms with E-state index in [1.165, 1.54) is 0 Å². The maximum atomic E-state index is 5.03. The van der Waals surface area contributed by atoms with Gasteiger partial charge in [-0.25, -0.2) is 0 Å². The minimum absolute atomic E-state index is 0.607. The highest BCUT2D eigenvalue weighted by Crippen LogP contribution is 2.13. The first-order valence-corrected chi connectivity index (χ1v) is 4.04. The minimum atomic E-state index is 0.607. The maximum Gasteiger partial charge on any atom is 0.0748 e. The van der Waals surface area contributed by atoms with Crippen molar-refractivity contribution in [2.45, 2.75) is 13.5 Å².